The van der Waals surface area contributed by atoms with Gasteiger partial charge >= 0.3 is 0 Å². The molecule has 0 bridgehead atoms. The van der Waals surface area contributed by atoms with E-state index in [4.69, 9.17) is 9.47 Å². The molecule has 1 aliphatic heterocycles. The third-order valence-electron chi connectivity index (χ3n) is 4.78. The predicted octanol–water partition coefficient (Wildman–Crippen LogP) is 3.46. The fourth-order valence-corrected chi connectivity index (χ4v) is 3.52. The van der Waals surface area contributed by atoms with Gasteiger partial charge in [-0.25, -0.2) is 0 Å². The fourth-order valence-electron chi connectivity index (χ4n) is 3.52. The number of hydrogen-bond acceptors (Lipinski definition) is 3. The third-order valence-corrected chi connectivity index (χ3v) is 4.78. The number of benzene rings is 1. The lowest BCUT2D eigenvalue weighted by molar-refractivity contribution is -0.127. The molecule has 0 amide bonds. The molecule has 0 aromatic heterocycles. The SMILES string of the molecule is CCOC1(C(NC)c2cc(C)c(C)cc2C)CCOCC1. The smallest absolute Gasteiger partial charge is 0.0919 e. The van der Waals surface area contributed by atoms with Crippen molar-refractivity contribution >= 4 is 0 Å². The molecule has 1 aromatic carbocycles. The van der Waals surface area contributed by atoms with Crippen LogP contribution in [0.15, 0.2) is 12.1 Å². The standard InChI is InChI=1S/C18H29NO2/c1-6-21-18(7-9-20-10-8-18)17(19-5)16-12-14(3)13(2)11-15(16)4/h11-12,17,19H,6-10H2,1-5H3. The van der Waals surface area contributed by atoms with E-state index in [1.807, 2.05) is 7.05 Å². The van der Waals surface area contributed by atoms with E-state index in [1.165, 1.54) is 22.3 Å². The fraction of sp³-hybridized carbons (Fsp3) is 0.667. The van der Waals surface area contributed by atoms with Gasteiger partial charge in [0.1, 0.15) is 0 Å². The first-order chi connectivity index (χ1) is 10.0. The van der Waals surface area contributed by atoms with Crippen LogP contribution in [0.4, 0.5) is 0 Å². The average molecular weight is 291 g/mol. The lowest BCUT2D eigenvalue weighted by Crippen LogP contribution is -2.49. The summed E-state index contributed by atoms with van der Waals surface area (Å²) in [6.07, 6.45) is 1.89. The van der Waals surface area contributed by atoms with E-state index in [9.17, 15) is 0 Å². The largest absolute Gasteiger partial charge is 0.381 e. The lowest BCUT2D eigenvalue weighted by Gasteiger charge is -2.43. The highest BCUT2D eigenvalue weighted by Gasteiger charge is 2.41. The minimum atomic E-state index is -0.159. The predicted molar refractivity (Wildman–Crippen MR) is 86.9 cm³/mol. The van der Waals surface area contributed by atoms with Gasteiger partial charge in [0.15, 0.2) is 0 Å². The Morgan fingerprint density at radius 3 is 2.33 bits per heavy atom. The molecule has 1 aliphatic rings. The first-order valence-electron chi connectivity index (χ1n) is 8.01. The summed E-state index contributed by atoms with van der Waals surface area (Å²) in [6, 6.07) is 4.82. The van der Waals surface area contributed by atoms with Crippen LogP contribution in [0.5, 0.6) is 0 Å². The Hall–Kier alpha value is -0.900. The van der Waals surface area contributed by atoms with Crippen molar-refractivity contribution in [1.29, 1.82) is 0 Å². The second-order valence-electron chi connectivity index (χ2n) is 6.12. The molecule has 1 saturated heterocycles. The number of likely N-dealkylation sites (N-methyl/N-ethyl adjacent to an activating group) is 1. The monoisotopic (exact) mass is 291 g/mol. The van der Waals surface area contributed by atoms with Crippen molar-refractivity contribution in [3.8, 4) is 0 Å². The molecule has 1 atom stereocenters. The van der Waals surface area contributed by atoms with Crippen LogP contribution in [0.2, 0.25) is 0 Å². The van der Waals surface area contributed by atoms with E-state index in [1.54, 1.807) is 0 Å². The van der Waals surface area contributed by atoms with Crippen LogP contribution in [0.3, 0.4) is 0 Å². The highest BCUT2D eigenvalue weighted by Crippen LogP contribution is 2.39. The highest BCUT2D eigenvalue weighted by molar-refractivity contribution is 5.39. The zero-order valence-electron chi connectivity index (χ0n) is 14.1. The molecule has 1 unspecified atom stereocenters. The van der Waals surface area contributed by atoms with E-state index in [0.717, 1.165) is 32.7 Å². The van der Waals surface area contributed by atoms with E-state index >= 15 is 0 Å². The van der Waals surface area contributed by atoms with Crippen LogP contribution in [-0.2, 0) is 9.47 Å². The summed E-state index contributed by atoms with van der Waals surface area (Å²) in [5, 5.41) is 3.52. The molecule has 1 fully saturated rings. The maximum Gasteiger partial charge on any atom is 0.0919 e. The summed E-state index contributed by atoms with van der Waals surface area (Å²) >= 11 is 0. The van der Waals surface area contributed by atoms with Gasteiger partial charge in [-0.15, -0.1) is 0 Å². The van der Waals surface area contributed by atoms with Gasteiger partial charge in [0, 0.05) is 32.7 Å². The molecule has 0 saturated carbocycles. The Morgan fingerprint density at radius 1 is 1.14 bits per heavy atom. The normalized spacial score (nSPS) is 19.5. The summed E-state index contributed by atoms with van der Waals surface area (Å²) in [4.78, 5) is 0. The zero-order valence-corrected chi connectivity index (χ0v) is 14.1. The lowest BCUT2D eigenvalue weighted by atomic mass is 9.80. The van der Waals surface area contributed by atoms with Crippen LogP contribution in [-0.4, -0.2) is 32.5 Å². The Kier molecular flexibility index (Phi) is 5.42. The van der Waals surface area contributed by atoms with Crippen molar-refractivity contribution in [2.24, 2.45) is 0 Å². The van der Waals surface area contributed by atoms with Crippen molar-refractivity contribution in [3.05, 3.63) is 34.4 Å². The van der Waals surface area contributed by atoms with Gasteiger partial charge in [0.25, 0.3) is 0 Å². The molecule has 1 N–H and O–H groups in total. The second kappa shape index (κ2) is 6.91. The second-order valence-corrected chi connectivity index (χ2v) is 6.12. The molecule has 3 heteroatoms. The maximum absolute atomic E-state index is 6.26. The van der Waals surface area contributed by atoms with Gasteiger partial charge in [-0.1, -0.05) is 12.1 Å². The Morgan fingerprint density at radius 2 is 1.76 bits per heavy atom. The van der Waals surface area contributed by atoms with Gasteiger partial charge in [0.05, 0.1) is 11.6 Å². The molecule has 0 aliphatic carbocycles. The first kappa shape index (κ1) is 16.5. The van der Waals surface area contributed by atoms with Crippen LogP contribution in [0.1, 0.15) is 48.1 Å². The average Bonchev–Trinajstić information content (AvgIpc) is 2.46. The van der Waals surface area contributed by atoms with E-state index in [-0.39, 0.29) is 11.6 Å². The quantitative estimate of drug-likeness (QED) is 0.901. The Labute approximate surface area is 129 Å². The summed E-state index contributed by atoms with van der Waals surface area (Å²) in [6.45, 7) is 10.9. The number of aryl methyl sites for hydroxylation is 3. The van der Waals surface area contributed by atoms with Crippen molar-refractivity contribution in [2.75, 3.05) is 26.9 Å². The molecule has 118 valence electrons. The first-order valence-corrected chi connectivity index (χ1v) is 8.01. The summed E-state index contributed by atoms with van der Waals surface area (Å²) in [5.41, 5.74) is 5.23. The van der Waals surface area contributed by atoms with Gasteiger partial charge in [-0.3, -0.25) is 0 Å². The molecule has 0 spiro atoms. The van der Waals surface area contributed by atoms with Gasteiger partial charge in [-0.2, -0.15) is 0 Å². The number of ether oxygens (including phenoxy) is 2. The minimum Gasteiger partial charge on any atom is -0.381 e. The van der Waals surface area contributed by atoms with E-state index in [2.05, 4.69) is 45.1 Å². The molecular weight excluding hydrogens is 262 g/mol. The summed E-state index contributed by atoms with van der Waals surface area (Å²) < 4.78 is 11.8. The van der Waals surface area contributed by atoms with Gasteiger partial charge in [-0.05, 0) is 57.0 Å². The Balaban J connectivity index is 2.43. The van der Waals surface area contributed by atoms with Crippen molar-refractivity contribution < 1.29 is 9.47 Å². The molecule has 1 heterocycles. The maximum atomic E-state index is 6.26. The minimum absolute atomic E-state index is 0.159. The molecular formula is C18H29NO2. The third kappa shape index (κ3) is 3.31. The van der Waals surface area contributed by atoms with E-state index < -0.39 is 0 Å². The number of rotatable bonds is 5. The van der Waals surface area contributed by atoms with E-state index in [0.29, 0.717) is 0 Å². The topological polar surface area (TPSA) is 30.5 Å². The van der Waals surface area contributed by atoms with Crippen LogP contribution in [0.25, 0.3) is 0 Å². The van der Waals surface area contributed by atoms with Crippen LogP contribution < -0.4 is 5.32 Å². The summed E-state index contributed by atoms with van der Waals surface area (Å²) in [7, 11) is 2.04. The van der Waals surface area contributed by atoms with Crippen molar-refractivity contribution in [2.45, 2.75) is 52.2 Å². The number of hydrogen-bond donors (Lipinski definition) is 1. The molecule has 2 rings (SSSR count). The van der Waals surface area contributed by atoms with Crippen molar-refractivity contribution in [1.82, 2.24) is 5.32 Å². The number of nitrogens with one attached hydrogen (secondary N) is 1. The molecule has 21 heavy (non-hydrogen) atoms. The van der Waals surface area contributed by atoms with Gasteiger partial charge in [0.2, 0.25) is 0 Å². The Bertz CT molecular complexity index is 473. The molecule has 1 aromatic rings. The molecule has 0 radical (unpaired) electrons. The molecule has 3 nitrogen and oxygen atoms in total. The van der Waals surface area contributed by atoms with Crippen molar-refractivity contribution in [3.63, 3.8) is 0 Å². The zero-order chi connectivity index (χ0) is 15.5. The van der Waals surface area contributed by atoms with Crippen LogP contribution in [0, 0.1) is 20.8 Å². The van der Waals surface area contributed by atoms with Gasteiger partial charge < -0.3 is 14.8 Å². The van der Waals surface area contributed by atoms with Crippen LogP contribution >= 0.6 is 0 Å². The summed E-state index contributed by atoms with van der Waals surface area (Å²) in [5.74, 6) is 0. The highest BCUT2D eigenvalue weighted by atomic mass is 16.5.